The minimum atomic E-state index is 0.541. The topological polar surface area (TPSA) is 16.1 Å². The van der Waals surface area contributed by atoms with Crippen molar-refractivity contribution in [2.24, 2.45) is 0 Å². The van der Waals surface area contributed by atoms with E-state index >= 15 is 0 Å². The van der Waals surface area contributed by atoms with E-state index in [1.54, 1.807) is 11.3 Å². The largest absolute Gasteiger partial charge is 0.306 e. The van der Waals surface area contributed by atoms with Gasteiger partial charge < -0.3 is 4.90 Å². The van der Waals surface area contributed by atoms with E-state index in [9.17, 15) is 0 Å². The van der Waals surface area contributed by atoms with Crippen molar-refractivity contribution in [3.8, 4) is 0 Å². The molecular weight excluding hydrogens is 204 g/mol. The summed E-state index contributed by atoms with van der Waals surface area (Å²) in [5.74, 6) is 1.19. The molecule has 0 N–H and O–H groups in total. The highest BCUT2D eigenvalue weighted by atomic mass is 35.5. The summed E-state index contributed by atoms with van der Waals surface area (Å²) in [5.41, 5.74) is 1.02. The second-order valence-electron chi connectivity index (χ2n) is 3.56. The molecule has 0 bridgehead atoms. The molecule has 2 rings (SSSR count). The lowest BCUT2D eigenvalue weighted by atomic mass is 10.1. The molecule has 4 heteroatoms. The Labute approximate surface area is 87.5 Å². The predicted octanol–water partition coefficient (Wildman–Crippen LogP) is 2.30. The highest BCUT2D eigenvalue weighted by molar-refractivity contribution is 7.09. The minimum Gasteiger partial charge on any atom is -0.306 e. The second-order valence-corrected chi connectivity index (χ2v) is 4.72. The van der Waals surface area contributed by atoms with Gasteiger partial charge in [0.2, 0.25) is 0 Å². The van der Waals surface area contributed by atoms with Gasteiger partial charge in [0.25, 0.3) is 0 Å². The van der Waals surface area contributed by atoms with Crippen molar-refractivity contribution >= 4 is 22.9 Å². The highest BCUT2D eigenvalue weighted by Gasteiger charge is 2.23. The van der Waals surface area contributed by atoms with Gasteiger partial charge >= 0.3 is 0 Å². The highest BCUT2D eigenvalue weighted by Crippen LogP contribution is 2.28. The van der Waals surface area contributed by atoms with Gasteiger partial charge in [-0.15, -0.1) is 22.9 Å². The van der Waals surface area contributed by atoms with E-state index in [1.165, 1.54) is 18.0 Å². The standard InChI is InChI=1S/C9H13ClN2S/c1-12-3-2-7(5-12)9-11-8(4-10)6-13-9/h6-7H,2-5H2,1H3. The fraction of sp³-hybridized carbons (Fsp3) is 0.667. The maximum atomic E-state index is 5.71. The Hall–Kier alpha value is -0.120. The SMILES string of the molecule is CN1CCC(c2nc(CCl)cs2)C1. The molecule has 0 spiro atoms. The molecule has 2 nitrogen and oxygen atoms in total. The number of hydrogen-bond acceptors (Lipinski definition) is 3. The third-order valence-corrected chi connectivity index (χ3v) is 3.78. The molecule has 0 radical (unpaired) electrons. The Morgan fingerprint density at radius 2 is 2.62 bits per heavy atom. The Bertz CT molecular complexity index is 287. The first-order chi connectivity index (χ1) is 6.29. The molecule has 1 unspecified atom stereocenters. The molecule has 13 heavy (non-hydrogen) atoms. The molecule has 1 aromatic rings. The average molecular weight is 217 g/mol. The third kappa shape index (κ3) is 2.03. The molecule has 1 aliphatic rings. The Balaban J connectivity index is 2.08. The maximum Gasteiger partial charge on any atom is 0.0973 e. The van der Waals surface area contributed by atoms with E-state index in [2.05, 4.69) is 22.3 Å². The van der Waals surface area contributed by atoms with Gasteiger partial charge in [-0.05, 0) is 20.0 Å². The van der Waals surface area contributed by atoms with E-state index < -0.39 is 0 Å². The van der Waals surface area contributed by atoms with Gasteiger partial charge in [-0.2, -0.15) is 0 Å². The van der Waals surface area contributed by atoms with Gasteiger partial charge in [-0.3, -0.25) is 0 Å². The van der Waals surface area contributed by atoms with Crippen LogP contribution in [0.4, 0.5) is 0 Å². The van der Waals surface area contributed by atoms with Crippen molar-refractivity contribution < 1.29 is 0 Å². The summed E-state index contributed by atoms with van der Waals surface area (Å²) in [4.78, 5) is 6.86. The summed E-state index contributed by atoms with van der Waals surface area (Å²) in [6.07, 6.45) is 1.24. The van der Waals surface area contributed by atoms with Crippen LogP contribution in [0.2, 0.25) is 0 Å². The van der Waals surface area contributed by atoms with Crippen LogP contribution in [0.3, 0.4) is 0 Å². The van der Waals surface area contributed by atoms with Crippen LogP contribution in [0.5, 0.6) is 0 Å². The van der Waals surface area contributed by atoms with Crippen LogP contribution in [0, 0.1) is 0 Å². The fourth-order valence-corrected chi connectivity index (χ4v) is 2.88. The molecule has 0 amide bonds. The minimum absolute atomic E-state index is 0.541. The van der Waals surface area contributed by atoms with Crippen LogP contribution in [0.1, 0.15) is 23.0 Å². The fourth-order valence-electron chi connectivity index (χ4n) is 1.71. The number of halogens is 1. The van der Waals surface area contributed by atoms with Gasteiger partial charge in [0, 0.05) is 17.8 Å². The monoisotopic (exact) mass is 216 g/mol. The van der Waals surface area contributed by atoms with Gasteiger partial charge in [0.1, 0.15) is 0 Å². The first-order valence-electron chi connectivity index (χ1n) is 4.48. The van der Waals surface area contributed by atoms with E-state index in [0.29, 0.717) is 11.8 Å². The van der Waals surface area contributed by atoms with Gasteiger partial charge in [0.05, 0.1) is 16.6 Å². The normalized spacial score (nSPS) is 24.0. The predicted molar refractivity (Wildman–Crippen MR) is 56.5 cm³/mol. The van der Waals surface area contributed by atoms with Crippen LogP contribution < -0.4 is 0 Å². The van der Waals surface area contributed by atoms with Crippen molar-refractivity contribution in [1.82, 2.24) is 9.88 Å². The van der Waals surface area contributed by atoms with Crippen LogP contribution in [-0.2, 0) is 5.88 Å². The lowest BCUT2D eigenvalue weighted by molar-refractivity contribution is 0.411. The zero-order valence-electron chi connectivity index (χ0n) is 7.66. The van der Waals surface area contributed by atoms with Crippen LogP contribution in [0.15, 0.2) is 5.38 Å². The lowest BCUT2D eigenvalue weighted by Gasteiger charge is -2.06. The van der Waals surface area contributed by atoms with Crippen LogP contribution >= 0.6 is 22.9 Å². The number of rotatable bonds is 2. The van der Waals surface area contributed by atoms with E-state index in [-0.39, 0.29) is 0 Å². The number of likely N-dealkylation sites (tertiary alicyclic amines) is 1. The zero-order valence-corrected chi connectivity index (χ0v) is 9.24. The zero-order chi connectivity index (χ0) is 9.26. The molecule has 2 heterocycles. The third-order valence-electron chi connectivity index (χ3n) is 2.45. The number of likely N-dealkylation sites (N-methyl/N-ethyl adjacent to an activating group) is 1. The number of aromatic nitrogens is 1. The lowest BCUT2D eigenvalue weighted by Crippen LogP contribution is -2.13. The Morgan fingerprint density at radius 3 is 3.15 bits per heavy atom. The van der Waals surface area contributed by atoms with E-state index in [0.717, 1.165) is 12.2 Å². The average Bonchev–Trinajstić information content (AvgIpc) is 2.71. The number of thiazole rings is 1. The van der Waals surface area contributed by atoms with Crippen LogP contribution in [-0.4, -0.2) is 30.0 Å². The summed E-state index contributed by atoms with van der Waals surface area (Å²) >= 11 is 7.46. The first-order valence-corrected chi connectivity index (χ1v) is 5.90. The molecule has 1 saturated heterocycles. The van der Waals surface area contributed by atoms with Crippen LogP contribution in [0.25, 0.3) is 0 Å². The van der Waals surface area contributed by atoms with Crippen molar-refractivity contribution in [3.05, 3.63) is 16.1 Å². The van der Waals surface area contributed by atoms with Crippen molar-refractivity contribution in [2.45, 2.75) is 18.2 Å². The Kier molecular flexibility index (Phi) is 2.86. The molecule has 0 saturated carbocycles. The molecular formula is C9H13ClN2S. The number of alkyl halides is 1. The molecule has 0 aromatic carbocycles. The molecule has 1 atom stereocenters. The molecule has 72 valence electrons. The second kappa shape index (κ2) is 3.95. The summed E-state index contributed by atoms with van der Waals surface area (Å²) in [6, 6.07) is 0. The van der Waals surface area contributed by atoms with Gasteiger partial charge in [-0.1, -0.05) is 0 Å². The first kappa shape index (κ1) is 9.44. The van der Waals surface area contributed by atoms with Gasteiger partial charge in [0.15, 0.2) is 0 Å². The summed E-state index contributed by atoms with van der Waals surface area (Å²) < 4.78 is 0. The molecule has 0 aliphatic carbocycles. The molecule has 1 fully saturated rings. The van der Waals surface area contributed by atoms with E-state index in [4.69, 9.17) is 11.6 Å². The van der Waals surface area contributed by atoms with Crippen molar-refractivity contribution in [2.75, 3.05) is 20.1 Å². The van der Waals surface area contributed by atoms with Gasteiger partial charge in [-0.25, -0.2) is 4.98 Å². The van der Waals surface area contributed by atoms with E-state index in [1.807, 2.05) is 0 Å². The number of hydrogen-bond donors (Lipinski definition) is 0. The Morgan fingerprint density at radius 1 is 1.77 bits per heavy atom. The number of nitrogens with zero attached hydrogens (tertiary/aromatic N) is 2. The maximum absolute atomic E-state index is 5.71. The summed E-state index contributed by atoms with van der Waals surface area (Å²) in [7, 11) is 2.16. The molecule has 1 aliphatic heterocycles. The quantitative estimate of drug-likeness (QED) is 0.706. The van der Waals surface area contributed by atoms with Crippen molar-refractivity contribution in [1.29, 1.82) is 0 Å². The smallest absolute Gasteiger partial charge is 0.0973 e. The molecule has 1 aromatic heterocycles. The van der Waals surface area contributed by atoms with Crippen molar-refractivity contribution in [3.63, 3.8) is 0 Å². The summed E-state index contributed by atoms with van der Waals surface area (Å²) in [5, 5.41) is 3.33. The summed E-state index contributed by atoms with van der Waals surface area (Å²) in [6.45, 7) is 2.34.